The number of methoxy groups -OCH3 is 1. The van der Waals surface area contributed by atoms with Gasteiger partial charge in [-0.1, -0.05) is 0 Å². The lowest BCUT2D eigenvalue weighted by atomic mass is 10.1. The maximum absolute atomic E-state index is 12.8. The highest BCUT2D eigenvalue weighted by molar-refractivity contribution is 7.07. The molecule has 0 radical (unpaired) electrons. The van der Waals surface area contributed by atoms with E-state index < -0.39 is 6.10 Å². The van der Waals surface area contributed by atoms with Crippen molar-refractivity contribution in [2.24, 2.45) is 4.99 Å². The highest BCUT2D eigenvalue weighted by Crippen LogP contribution is 2.23. The number of rotatable bonds is 10. The second-order valence-corrected chi connectivity index (χ2v) is 8.48. The Morgan fingerprint density at radius 3 is 2.62 bits per heavy atom. The Morgan fingerprint density at radius 1 is 1.21 bits per heavy atom. The van der Waals surface area contributed by atoms with Crippen LogP contribution in [0.5, 0.6) is 5.75 Å². The molecule has 180 valence electrons. The zero-order valence-electron chi connectivity index (χ0n) is 19.9. The van der Waals surface area contributed by atoms with Crippen molar-refractivity contribution in [3.8, 4) is 17.0 Å². The number of carbonyl (C=O) groups is 2. The Kier molecular flexibility index (Phi) is 9.12. The summed E-state index contributed by atoms with van der Waals surface area (Å²) in [6, 6.07) is 11.3. The molecule has 0 bridgehead atoms. The first-order chi connectivity index (χ1) is 16.4. The molecule has 9 heteroatoms. The summed E-state index contributed by atoms with van der Waals surface area (Å²) < 4.78 is 12.6. The normalized spacial score (nSPS) is 12.4. The van der Waals surface area contributed by atoms with Crippen LogP contribution < -0.4 is 14.9 Å². The number of benzene rings is 1. The Balaban J connectivity index is 1.87. The van der Waals surface area contributed by atoms with Gasteiger partial charge in [-0.25, -0.2) is 0 Å². The number of ether oxygens (including phenoxy) is 2. The third kappa shape index (κ3) is 6.61. The van der Waals surface area contributed by atoms with Crippen LogP contribution in [0.3, 0.4) is 0 Å². The molecular formula is C25H30N4O4S. The van der Waals surface area contributed by atoms with Crippen LogP contribution in [0.2, 0.25) is 0 Å². The van der Waals surface area contributed by atoms with E-state index in [1.54, 1.807) is 25.3 Å². The summed E-state index contributed by atoms with van der Waals surface area (Å²) in [6.07, 6.45) is 1.70. The van der Waals surface area contributed by atoms with Crippen molar-refractivity contribution in [3.63, 3.8) is 0 Å². The van der Waals surface area contributed by atoms with Crippen LogP contribution in [0, 0.1) is 6.92 Å². The number of hydrogen-bond donors (Lipinski definition) is 1. The van der Waals surface area contributed by atoms with Crippen LogP contribution in [0.4, 0.5) is 0 Å². The van der Waals surface area contributed by atoms with Crippen LogP contribution in [0.1, 0.15) is 36.3 Å². The van der Waals surface area contributed by atoms with E-state index in [0.717, 1.165) is 22.7 Å². The molecule has 1 unspecified atom stereocenters. The highest BCUT2D eigenvalue weighted by Gasteiger charge is 2.13. The first kappa shape index (κ1) is 25.3. The molecule has 0 spiro atoms. The van der Waals surface area contributed by atoms with Gasteiger partial charge in [-0.3, -0.25) is 14.6 Å². The van der Waals surface area contributed by atoms with E-state index >= 15 is 0 Å². The first-order valence-electron chi connectivity index (χ1n) is 11.2. The van der Waals surface area contributed by atoms with Gasteiger partial charge < -0.3 is 19.4 Å². The summed E-state index contributed by atoms with van der Waals surface area (Å²) >= 11 is 1.40. The minimum Gasteiger partial charge on any atom is -0.494 e. The van der Waals surface area contributed by atoms with Gasteiger partial charge in [-0.2, -0.15) is 4.99 Å². The fourth-order valence-corrected chi connectivity index (χ4v) is 4.13. The predicted octanol–water partition coefficient (Wildman–Crippen LogP) is 3.60. The quantitative estimate of drug-likeness (QED) is 0.446. The molecule has 0 saturated heterocycles. The number of carbonyl (C=O) groups excluding carboxylic acids is 2. The van der Waals surface area contributed by atoms with E-state index in [2.05, 4.69) is 15.3 Å². The number of aryl methyl sites for hydroxylation is 1. The van der Waals surface area contributed by atoms with Crippen LogP contribution in [-0.4, -0.2) is 47.7 Å². The monoisotopic (exact) mass is 482 g/mol. The standard InChI is InChI=1S/C25H30N4O4S/c1-5-33-21-11-9-19(10-12-21)22-16-34-25(28-24(31)20-8-7-17(2)27-15-20)29(22)14-6-13-26-23(30)18(3)32-4/h7-12,15-16,18H,5-6,13-14H2,1-4H3,(H,26,30). The van der Waals surface area contributed by atoms with Crippen LogP contribution >= 0.6 is 11.3 Å². The van der Waals surface area contributed by atoms with Crippen molar-refractivity contribution >= 4 is 23.2 Å². The molecule has 34 heavy (non-hydrogen) atoms. The SMILES string of the molecule is CCOc1ccc(-c2csc(=NC(=O)c3ccc(C)nc3)n2CCCNC(=O)C(C)OC)cc1. The average Bonchev–Trinajstić information content (AvgIpc) is 3.24. The molecule has 1 aromatic carbocycles. The predicted molar refractivity (Wildman–Crippen MR) is 132 cm³/mol. The molecule has 0 aliphatic carbocycles. The maximum atomic E-state index is 12.8. The zero-order chi connectivity index (χ0) is 24.5. The number of hydrogen-bond acceptors (Lipinski definition) is 6. The second kappa shape index (κ2) is 12.2. The topological polar surface area (TPSA) is 94.8 Å². The summed E-state index contributed by atoms with van der Waals surface area (Å²) in [5, 5.41) is 4.86. The van der Waals surface area contributed by atoms with E-state index in [9.17, 15) is 9.59 Å². The number of nitrogens with zero attached hydrogens (tertiary/aromatic N) is 3. The molecule has 0 aliphatic rings. The Morgan fingerprint density at radius 2 is 1.97 bits per heavy atom. The Labute approximate surface area is 203 Å². The molecular weight excluding hydrogens is 452 g/mol. The molecule has 0 saturated carbocycles. The minimum absolute atomic E-state index is 0.156. The van der Waals surface area contributed by atoms with Gasteiger partial charge in [0.1, 0.15) is 11.9 Å². The van der Waals surface area contributed by atoms with Gasteiger partial charge in [-0.15, -0.1) is 11.3 Å². The molecule has 8 nitrogen and oxygen atoms in total. The molecule has 0 aliphatic heterocycles. The molecule has 3 aromatic rings. The van der Waals surface area contributed by atoms with E-state index in [4.69, 9.17) is 9.47 Å². The maximum Gasteiger partial charge on any atom is 0.281 e. The number of nitrogens with one attached hydrogen (secondary N) is 1. The number of pyridine rings is 1. The third-order valence-electron chi connectivity index (χ3n) is 5.19. The van der Waals surface area contributed by atoms with Crippen molar-refractivity contribution in [1.29, 1.82) is 0 Å². The van der Waals surface area contributed by atoms with Crippen LogP contribution in [0.15, 0.2) is 53.0 Å². The van der Waals surface area contributed by atoms with Crippen molar-refractivity contribution < 1.29 is 19.1 Å². The van der Waals surface area contributed by atoms with Crippen LogP contribution in [-0.2, 0) is 16.1 Å². The lowest BCUT2D eigenvalue weighted by molar-refractivity contribution is -0.130. The van der Waals surface area contributed by atoms with Crippen molar-refractivity contribution in [3.05, 3.63) is 64.0 Å². The van der Waals surface area contributed by atoms with Gasteiger partial charge in [0.2, 0.25) is 5.91 Å². The summed E-state index contributed by atoms with van der Waals surface area (Å²) in [5.74, 6) is 0.301. The number of thiazole rings is 1. The van der Waals surface area contributed by atoms with Crippen molar-refractivity contribution in [1.82, 2.24) is 14.9 Å². The lowest BCUT2D eigenvalue weighted by Crippen LogP contribution is -2.35. The molecule has 2 amide bonds. The molecule has 2 aromatic heterocycles. The molecule has 3 rings (SSSR count). The van der Waals surface area contributed by atoms with E-state index in [-0.39, 0.29) is 11.8 Å². The Bertz CT molecular complexity index is 1170. The lowest BCUT2D eigenvalue weighted by Gasteiger charge is -2.12. The summed E-state index contributed by atoms with van der Waals surface area (Å²) in [6.45, 7) is 7.17. The third-order valence-corrected chi connectivity index (χ3v) is 6.06. The molecule has 1 atom stereocenters. The largest absolute Gasteiger partial charge is 0.494 e. The van der Waals surface area contributed by atoms with Gasteiger partial charge in [-0.05, 0) is 69.2 Å². The smallest absolute Gasteiger partial charge is 0.281 e. The summed E-state index contributed by atoms with van der Waals surface area (Å²) in [7, 11) is 1.50. The van der Waals surface area contributed by atoms with Crippen LogP contribution in [0.25, 0.3) is 11.3 Å². The van der Waals surface area contributed by atoms with Crippen molar-refractivity contribution in [2.45, 2.75) is 39.8 Å². The average molecular weight is 483 g/mol. The second-order valence-electron chi connectivity index (χ2n) is 7.64. The van der Waals surface area contributed by atoms with E-state index in [1.165, 1.54) is 18.4 Å². The summed E-state index contributed by atoms with van der Waals surface area (Å²) in [4.78, 5) is 33.9. The van der Waals surface area contributed by atoms with Gasteiger partial charge in [0.25, 0.3) is 5.91 Å². The fraction of sp³-hybridized carbons (Fsp3) is 0.360. The minimum atomic E-state index is -0.500. The molecule has 1 N–H and O–H groups in total. The molecule has 0 fully saturated rings. The van der Waals surface area contributed by atoms with Gasteiger partial charge in [0, 0.05) is 37.5 Å². The first-order valence-corrected chi connectivity index (χ1v) is 12.0. The van der Waals surface area contributed by atoms with E-state index in [1.807, 2.05) is 48.1 Å². The van der Waals surface area contributed by atoms with Crippen molar-refractivity contribution in [2.75, 3.05) is 20.3 Å². The van der Waals surface area contributed by atoms with Gasteiger partial charge >= 0.3 is 0 Å². The zero-order valence-corrected chi connectivity index (χ0v) is 20.7. The van der Waals surface area contributed by atoms with Gasteiger partial charge in [0.15, 0.2) is 4.80 Å². The highest BCUT2D eigenvalue weighted by atomic mass is 32.1. The summed E-state index contributed by atoms with van der Waals surface area (Å²) in [5.41, 5.74) is 3.21. The number of amides is 2. The van der Waals surface area contributed by atoms with E-state index in [0.29, 0.717) is 36.5 Å². The Hall–Kier alpha value is -3.30. The number of aromatic nitrogens is 2. The molecule has 2 heterocycles. The van der Waals surface area contributed by atoms with Gasteiger partial charge in [0.05, 0.1) is 17.9 Å². The fourth-order valence-electron chi connectivity index (χ4n) is 3.20.